The lowest BCUT2D eigenvalue weighted by molar-refractivity contribution is -0.150. The van der Waals surface area contributed by atoms with Gasteiger partial charge in [-0.2, -0.15) is 0 Å². The van der Waals surface area contributed by atoms with Crippen molar-refractivity contribution in [1.29, 1.82) is 0 Å². The normalized spacial score (nSPS) is 23.2. The van der Waals surface area contributed by atoms with Gasteiger partial charge in [0.05, 0.1) is 0 Å². The number of nitrogens with two attached hydrogens (primary N) is 1. The highest BCUT2D eigenvalue weighted by Crippen LogP contribution is 2.41. The average Bonchev–Trinajstić information content (AvgIpc) is 3.61. The topological polar surface area (TPSA) is 172 Å². The molecule has 41 heavy (non-hydrogen) atoms. The number of benzene rings is 1. The summed E-state index contributed by atoms with van der Waals surface area (Å²) in [5.74, 6) is -1.65. The molecule has 13 nitrogen and oxygen atoms in total. The predicted octanol–water partition coefficient (Wildman–Crippen LogP) is 1.33. The average molecular weight is 594 g/mol. The molecule has 5 heterocycles. The van der Waals surface area contributed by atoms with E-state index >= 15 is 0 Å². The second kappa shape index (κ2) is 10.7. The predicted molar refractivity (Wildman–Crippen MR) is 152 cm³/mol. The summed E-state index contributed by atoms with van der Waals surface area (Å²) in [4.78, 5) is 55.1. The lowest BCUT2D eigenvalue weighted by Crippen LogP contribution is -2.71. The number of nitrogen functional groups attached to an aromatic ring is 1. The molecule has 4 N–H and O–H groups in total. The Morgan fingerprint density at radius 2 is 2.12 bits per heavy atom. The van der Waals surface area contributed by atoms with Gasteiger partial charge in [-0.3, -0.25) is 14.5 Å². The maximum atomic E-state index is 13.2. The van der Waals surface area contributed by atoms with Crippen molar-refractivity contribution < 1.29 is 29.1 Å². The van der Waals surface area contributed by atoms with Crippen LogP contribution >= 0.6 is 23.1 Å². The molecule has 0 radical (unpaired) electrons. The Bertz CT molecular complexity index is 1580. The minimum atomic E-state index is -1.23. The summed E-state index contributed by atoms with van der Waals surface area (Å²) in [5, 5.41) is 17.7. The van der Waals surface area contributed by atoms with Crippen molar-refractivity contribution in [3.8, 4) is 0 Å². The minimum absolute atomic E-state index is 0.103. The Morgan fingerprint density at radius 3 is 2.83 bits per heavy atom. The first-order chi connectivity index (χ1) is 19.9. The molecule has 4 aliphatic heterocycles. The molecule has 2 aromatic rings. The van der Waals surface area contributed by atoms with Crippen molar-refractivity contribution in [3.05, 3.63) is 82.3 Å². The van der Waals surface area contributed by atoms with Gasteiger partial charge in [-0.25, -0.2) is 14.8 Å². The van der Waals surface area contributed by atoms with E-state index in [1.54, 1.807) is 5.38 Å². The molecule has 0 bridgehead atoms. The first-order valence-electron chi connectivity index (χ1n) is 12.3. The highest BCUT2D eigenvalue weighted by molar-refractivity contribution is 8.00. The van der Waals surface area contributed by atoms with Crippen LogP contribution < -0.4 is 11.1 Å². The van der Waals surface area contributed by atoms with Crippen molar-refractivity contribution >= 4 is 57.6 Å². The smallest absolute Gasteiger partial charge is 0.352 e. The number of oxime groups is 1. The third kappa shape index (κ3) is 4.82. The van der Waals surface area contributed by atoms with Crippen LogP contribution in [0.4, 0.5) is 5.13 Å². The molecule has 0 saturated carbocycles. The zero-order valence-corrected chi connectivity index (χ0v) is 23.1. The van der Waals surface area contributed by atoms with Crippen LogP contribution in [0.1, 0.15) is 11.3 Å². The van der Waals surface area contributed by atoms with Gasteiger partial charge in [-0.05, 0) is 29.9 Å². The molecule has 3 atom stereocenters. The molecule has 210 valence electrons. The third-order valence-electron chi connectivity index (χ3n) is 6.65. The molecule has 1 fully saturated rings. The summed E-state index contributed by atoms with van der Waals surface area (Å²) in [6.07, 6.45) is 4.95. The van der Waals surface area contributed by atoms with Gasteiger partial charge in [0.25, 0.3) is 11.8 Å². The standard InChI is InChI=1S/C26H23N7O6S2/c1-38-31-17(16-12-41-26(27)29-16)20(34)30-18-22(35)33-19(25(36)37)14(11-40-24(18)33)10-32-9-5-8-15-23(32)39-21(28-15)13-6-3-2-4-7-13/h2-9,12,18,23-24H,10-11H2,1H3,(H2,27,29)(H,30,34)(H,36,37)/b31-17-/t18?,23?,24-/m1/s1. The maximum Gasteiger partial charge on any atom is 0.352 e. The number of fused-ring (bicyclic) bond motifs is 2. The van der Waals surface area contributed by atoms with Gasteiger partial charge >= 0.3 is 5.97 Å². The van der Waals surface area contributed by atoms with Crippen molar-refractivity contribution in [2.75, 3.05) is 25.1 Å². The molecular weight excluding hydrogens is 570 g/mol. The van der Waals surface area contributed by atoms with Gasteiger partial charge in [0.2, 0.25) is 12.1 Å². The SMILES string of the molecule is CO/N=C(\C(=O)NC1C(=O)N2C(C(=O)O)=C(CN3C=CC=C4N=C(c5ccccc5)OC43)CS[C@H]12)c1csc(N)n1. The van der Waals surface area contributed by atoms with E-state index in [2.05, 4.69) is 20.4 Å². The number of thioether (sulfide) groups is 1. The lowest BCUT2D eigenvalue weighted by Gasteiger charge is -2.49. The number of β-lactam (4-membered cyclic amide) rings is 1. The van der Waals surface area contributed by atoms with Crippen LogP contribution in [0.3, 0.4) is 0 Å². The Hall–Kier alpha value is -4.63. The summed E-state index contributed by atoms with van der Waals surface area (Å²) < 4.78 is 6.14. The highest BCUT2D eigenvalue weighted by Gasteiger charge is 2.54. The number of nitrogens with one attached hydrogen (secondary N) is 1. The third-order valence-corrected chi connectivity index (χ3v) is 8.66. The van der Waals surface area contributed by atoms with Crippen LogP contribution in [0.2, 0.25) is 0 Å². The summed E-state index contributed by atoms with van der Waals surface area (Å²) in [5.41, 5.74) is 7.71. The largest absolute Gasteiger partial charge is 0.477 e. The van der Waals surface area contributed by atoms with Gasteiger partial charge in [0.15, 0.2) is 10.8 Å². The first kappa shape index (κ1) is 26.6. The van der Waals surface area contributed by atoms with E-state index in [0.717, 1.165) is 16.9 Å². The molecule has 2 amide bonds. The molecule has 15 heteroatoms. The van der Waals surface area contributed by atoms with E-state index < -0.39 is 35.4 Å². The molecule has 1 aromatic carbocycles. The van der Waals surface area contributed by atoms with Crippen LogP contribution in [0.5, 0.6) is 0 Å². The molecule has 2 unspecified atom stereocenters. The fourth-order valence-corrected chi connectivity index (χ4v) is 6.71. The fraction of sp³-hybridized carbons (Fsp3) is 0.231. The number of aromatic nitrogens is 1. The molecule has 1 saturated heterocycles. The number of allylic oxidation sites excluding steroid dienone is 2. The number of thiazole rings is 1. The maximum absolute atomic E-state index is 13.2. The lowest BCUT2D eigenvalue weighted by atomic mass is 10.0. The number of ether oxygens (including phenoxy) is 1. The Balaban J connectivity index is 1.18. The Morgan fingerprint density at radius 1 is 1.32 bits per heavy atom. The fourth-order valence-electron chi connectivity index (χ4n) is 4.83. The van der Waals surface area contributed by atoms with Crippen molar-refractivity contribution in [2.24, 2.45) is 10.1 Å². The number of amides is 2. The number of carbonyl (C=O) groups is 3. The van der Waals surface area contributed by atoms with Crippen molar-refractivity contribution in [1.82, 2.24) is 20.1 Å². The second-order valence-corrected chi connectivity index (χ2v) is 11.2. The van der Waals surface area contributed by atoms with Gasteiger partial charge in [-0.15, -0.1) is 23.1 Å². The number of hydrogen-bond acceptors (Lipinski definition) is 12. The van der Waals surface area contributed by atoms with E-state index in [1.807, 2.05) is 53.6 Å². The number of aliphatic imine (C=N–C) groups is 1. The van der Waals surface area contributed by atoms with E-state index in [0.29, 0.717) is 22.9 Å². The molecule has 0 spiro atoms. The number of nitrogens with zero attached hydrogens (tertiary/aromatic N) is 5. The number of carboxylic acid groups (broad SMARTS) is 1. The first-order valence-corrected chi connectivity index (χ1v) is 14.3. The highest BCUT2D eigenvalue weighted by atomic mass is 32.2. The molecule has 4 aliphatic rings. The Kier molecular flexibility index (Phi) is 6.96. The van der Waals surface area contributed by atoms with Gasteiger partial charge < -0.3 is 30.6 Å². The van der Waals surface area contributed by atoms with E-state index in [4.69, 9.17) is 15.3 Å². The number of anilines is 1. The van der Waals surface area contributed by atoms with Gasteiger partial charge in [-0.1, -0.05) is 23.4 Å². The molecule has 6 rings (SSSR count). The van der Waals surface area contributed by atoms with Crippen LogP contribution in [-0.4, -0.2) is 86.3 Å². The van der Waals surface area contributed by atoms with Crippen molar-refractivity contribution in [3.63, 3.8) is 0 Å². The zero-order valence-electron chi connectivity index (χ0n) is 21.5. The number of carboxylic acids is 1. The van der Waals surface area contributed by atoms with Crippen LogP contribution in [-0.2, 0) is 24.0 Å². The quantitative estimate of drug-likeness (QED) is 0.230. The van der Waals surface area contributed by atoms with E-state index in [9.17, 15) is 19.5 Å². The second-order valence-electron chi connectivity index (χ2n) is 9.17. The Labute approximate surface area is 241 Å². The summed E-state index contributed by atoms with van der Waals surface area (Å²) in [6.45, 7) is 0.203. The van der Waals surface area contributed by atoms with Crippen LogP contribution in [0.15, 0.2) is 81.2 Å². The summed E-state index contributed by atoms with van der Waals surface area (Å²) in [6, 6.07) is 8.55. The van der Waals surface area contributed by atoms with E-state index in [1.165, 1.54) is 23.8 Å². The minimum Gasteiger partial charge on any atom is -0.477 e. The number of carbonyl (C=O) groups excluding carboxylic acids is 2. The number of aliphatic carboxylic acids is 1. The van der Waals surface area contributed by atoms with Crippen molar-refractivity contribution in [2.45, 2.75) is 17.6 Å². The summed E-state index contributed by atoms with van der Waals surface area (Å²) in [7, 11) is 1.28. The molecular formula is C26H23N7O6S2. The van der Waals surface area contributed by atoms with Gasteiger partial charge in [0.1, 0.15) is 35.6 Å². The number of rotatable bonds is 8. The van der Waals surface area contributed by atoms with Crippen LogP contribution in [0, 0.1) is 0 Å². The molecule has 0 aliphatic carbocycles. The monoisotopic (exact) mass is 593 g/mol. The zero-order chi connectivity index (χ0) is 28.7. The van der Waals surface area contributed by atoms with Gasteiger partial charge in [0, 0.05) is 29.4 Å². The van der Waals surface area contributed by atoms with E-state index in [-0.39, 0.29) is 28.8 Å². The summed E-state index contributed by atoms with van der Waals surface area (Å²) >= 11 is 2.49. The van der Waals surface area contributed by atoms with Crippen LogP contribution in [0.25, 0.3) is 0 Å². The number of hydrogen-bond donors (Lipinski definition) is 3. The molecule has 1 aromatic heterocycles.